The van der Waals surface area contributed by atoms with E-state index in [1.54, 1.807) is 0 Å². The summed E-state index contributed by atoms with van der Waals surface area (Å²) in [5.41, 5.74) is 6.35. The normalized spacial score (nSPS) is 13.4. The standard InChI is InChI=1S/C12H12FN3O3/c1-17-7-4-8-11(19-3-2-18-8)9(10(7)13)6-5-15-16-12(6)14/h4-5H,2-3H2,1H3,(H3,14,15,16). The van der Waals surface area contributed by atoms with Crippen LogP contribution < -0.4 is 19.9 Å². The molecule has 0 saturated heterocycles. The molecule has 0 fully saturated rings. The quantitative estimate of drug-likeness (QED) is 0.861. The second-order valence-electron chi connectivity index (χ2n) is 3.99. The minimum absolute atomic E-state index is 0.0693. The van der Waals surface area contributed by atoms with Gasteiger partial charge in [-0.1, -0.05) is 0 Å². The van der Waals surface area contributed by atoms with Gasteiger partial charge in [0.2, 0.25) is 0 Å². The molecule has 19 heavy (non-hydrogen) atoms. The summed E-state index contributed by atoms with van der Waals surface area (Å²) in [7, 11) is 1.39. The van der Waals surface area contributed by atoms with Crippen molar-refractivity contribution in [2.45, 2.75) is 0 Å². The van der Waals surface area contributed by atoms with Crippen LogP contribution in [-0.2, 0) is 0 Å². The van der Waals surface area contributed by atoms with E-state index in [9.17, 15) is 4.39 Å². The summed E-state index contributed by atoms with van der Waals surface area (Å²) in [4.78, 5) is 0. The van der Waals surface area contributed by atoms with Crippen molar-refractivity contribution in [1.82, 2.24) is 10.2 Å². The highest BCUT2D eigenvalue weighted by Crippen LogP contribution is 2.46. The fourth-order valence-electron chi connectivity index (χ4n) is 2.02. The molecule has 6 nitrogen and oxygen atoms in total. The number of benzene rings is 1. The number of H-pyrrole nitrogens is 1. The predicted octanol–water partition coefficient (Wildman–Crippen LogP) is 1.58. The molecule has 0 spiro atoms. The van der Waals surface area contributed by atoms with Crippen LogP contribution in [0.4, 0.5) is 10.2 Å². The number of fused-ring (bicyclic) bond motifs is 1. The molecule has 1 aliphatic heterocycles. The lowest BCUT2D eigenvalue weighted by atomic mass is 10.0. The Morgan fingerprint density at radius 2 is 2.21 bits per heavy atom. The maximum atomic E-state index is 14.4. The summed E-state index contributed by atoms with van der Waals surface area (Å²) >= 11 is 0. The van der Waals surface area contributed by atoms with Gasteiger partial charge in [0.15, 0.2) is 23.1 Å². The van der Waals surface area contributed by atoms with E-state index in [1.165, 1.54) is 19.4 Å². The Labute approximate surface area is 108 Å². The van der Waals surface area contributed by atoms with Crippen molar-refractivity contribution in [3.8, 4) is 28.4 Å². The number of nitrogens with zero attached hydrogens (tertiary/aromatic N) is 1. The first-order valence-corrected chi connectivity index (χ1v) is 5.67. The van der Waals surface area contributed by atoms with Crippen molar-refractivity contribution in [3.05, 3.63) is 18.1 Å². The molecular formula is C12H12FN3O3. The molecule has 0 saturated carbocycles. The third-order valence-electron chi connectivity index (χ3n) is 2.89. The first-order valence-electron chi connectivity index (χ1n) is 5.67. The molecule has 1 aromatic heterocycles. The Hall–Kier alpha value is -2.44. The molecule has 0 radical (unpaired) electrons. The van der Waals surface area contributed by atoms with E-state index < -0.39 is 5.82 Å². The van der Waals surface area contributed by atoms with Gasteiger partial charge in [-0.25, -0.2) is 4.39 Å². The average molecular weight is 265 g/mol. The van der Waals surface area contributed by atoms with Gasteiger partial charge in [-0.15, -0.1) is 0 Å². The number of aromatic nitrogens is 2. The second-order valence-corrected chi connectivity index (χ2v) is 3.99. The fraction of sp³-hybridized carbons (Fsp3) is 0.250. The number of halogens is 1. The Morgan fingerprint density at radius 1 is 1.42 bits per heavy atom. The summed E-state index contributed by atoms with van der Waals surface area (Å²) in [6.07, 6.45) is 1.44. The van der Waals surface area contributed by atoms with Crippen molar-refractivity contribution >= 4 is 5.82 Å². The minimum Gasteiger partial charge on any atom is -0.494 e. The molecule has 0 unspecified atom stereocenters. The molecule has 0 aliphatic carbocycles. The monoisotopic (exact) mass is 265 g/mol. The highest BCUT2D eigenvalue weighted by molar-refractivity contribution is 5.82. The van der Waals surface area contributed by atoms with Gasteiger partial charge in [0.05, 0.1) is 24.4 Å². The van der Waals surface area contributed by atoms with Crippen LogP contribution in [-0.4, -0.2) is 30.5 Å². The van der Waals surface area contributed by atoms with Crippen LogP contribution in [0.5, 0.6) is 17.2 Å². The smallest absolute Gasteiger partial charge is 0.177 e. The molecule has 0 bridgehead atoms. The Kier molecular flexibility index (Phi) is 2.66. The third-order valence-corrected chi connectivity index (χ3v) is 2.89. The lowest BCUT2D eigenvalue weighted by molar-refractivity contribution is 0.170. The van der Waals surface area contributed by atoms with Gasteiger partial charge in [0.25, 0.3) is 0 Å². The Balaban J connectivity index is 2.29. The van der Waals surface area contributed by atoms with E-state index in [1.807, 2.05) is 0 Å². The largest absolute Gasteiger partial charge is 0.494 e. The molecule has 1 aromatic carbocycles. The molecule has 0 amide bonds. The lowest BCUT2D eigenvalue weighted by Gasteiger charge is -2.22. The van der Waals surface area contributed by atoms with Crippen molar-refractivity contribution < 1.29 is 18.6 Å². The number of anilines is 1. The van der Waals surface area contributed by atoms with Crippen LogP contribution in [0.1, 0.15) is 0 Å². The molecular weight excluding hydrogens is 253 g/mol. The number of methoxy groups -OCH3 is 1. The van der Waals surface area contributed by atoms with Crippen LogP contribution >= 0.6 is 0 Å². The molecule has 100 valence electrons. The fourth-order valence-corrected chi connectivity index (χ4v) is 2.02. The SMILES string of the molecule is COc1cc2c(c(-c3cn[nH]c3N)c1F)OCCO2. The topological polar surface area (TPSA) is 82.4 Å². The third kappa shape index (κ3) is 1.74. The van der Waals surface area contributed by atoms with Crippen molar-refractivity contribution in [3.63, 3.8) is 0 Å². The number of ether oxygens (including phenoxy) is 3. The summed E-state index contributed by atoms with van der Waals surface area (Å²) in [6.45, 7) is 0.756. The molecule has 7 heteroatoms. The van der Waals surface area contributed by atoms with Crippen molar-refractivity contribution in [2.24, 2.45) is 0 Å². The van der Waals surface area contributed by atoms with E-state index in [0.29, 0.717) is 30.3 Å². The molecule has 3 N–H and O–H groups in total. The van der Waals surface area contributed by atoms with Gasteiger partial charge in [0.1, 0.15) is 19.0 Å². The van der Waals surface area contributed by atoms with Crippen molar-refractivity contribution in [1.29, 1.82) is 0 Å². The summed E-state index contributed by atoms with van der Waals surface area (Å²) in [5, 5.41) is 6.35. The highest BCUT2D eigenvalue weighted by Gasteiger charge is 2.26. The zero-order chi connectivity index (χ0) is 13.4. The van der Waals surface area contributed by atoms with Crippen LogP contribution in [0.25, 0.3) is 11.1 Å². The van der Waals surface area contributed by atoms with Gasteiger partial charge in [-0.05, 0) is 0 Å². The van der Waals surface area contributed by atoms with Crippen LogP contribution in [0, 0.1) is 5.82 Å². The van der Waals surface area contributed by atoms with Gasteiger partial charge >= 0.3 is 0 Å². The zero-order valence-electron chi connectivity index (χ0n) is 10.2. The Morgan fingerprint density at radius 3 is 2.89 bits per heavy atom. The van der Waals surface area contributed by atoms with Gasteiger partial charge in [-0.3, -0.25) is 5.10 Å². The molecule has 1 aliphatic rings. The number of hydrogen-bond acceptors (Lipinski definition) is 5. The number of nitrogen functional groups attached to an aromatic ring is 1. The summed E-state index contributed by atoms with van der Waals surface area (Å²) in [6, 6.07) is 1.46. The summed E-state index contributed by atoms with van der Waals surface area (Å²) in [5.74, 6) is 0.515. The Bertz CT molecular complexity index is 627. The predicted molar refractivity (Wildman–Crippen MR) is 65.9 cm³/mol. The van der Waals surface area contributed by atoms with Crippen LogP contribution in [0.2, 0.25) is 0 Å². The lowest BCUT2D eigenvalue weighted by Crippen LogP contribution is -2.17. The first kappa shape index (κ1) is 11.6. The molecule has 2 aromatic rings. The van der Waals surface area contributed by atoms with E-state index in [4.69, 9.17) is 19.9 Å². The number of rotatable bonds is 2. The zero-order valence-corrected chi connectivity index (χ0v) is 10.2. The molecule has 2 heterocycles. The maximum absolute atomic E-state index is 14.4. The van der Waals surface area contributed by atoms with Crippen LogP contribution in [0.3, 0.4) is 0 Å². The number of aromatic amines is 1. The number of nitrogens with two attached hydrogens (primary N) is 1. The average Bonchev–Trinajstić information content (AvgIpc) is 2.84. The van der Waals surface area contributed by atoms with Crippen molar-refractivity contribution in [2.75, 3.05) is 26.1 Å². The van der Waals surface area contributed by atoms with Gasteiger partial charge < -0.3 is 19.9 Å². The highest BCUT2D eigenvalue weighted by atomic mass is 19.1. The number of nitrogens with one attached hydrogen (secondary N) is 1. The number of hydrogen-bond donors (Lipinski definition) is 2. The molecule has 3 rings (SSSR count). The van der Waals surface area contributed by atoms with Gasteiger partial charge in [0, 0.05) is 6.07 Å². The minimum atomic E-state index is -0.556. The van der Waals surface area contributed by atoms with Gasteiger partial charge in [-0.2, -0.15) is 5.10 Å². The first-order chi connectivity index (χ1) is 9.22. The van der Waals surface area contributed by atoms with E-state index in [-0.39, 0.29) is 17.1 Å². The van der Waals surface area contributed by atoms with E-state index in [0.717, 1.165) is 0 Å². The maximum Gasteiger partial charge on any atom is 0.177 e. The van der Waals surface area contributed by atoms with Crippen LogP contribution in [0.15, 0.2) is 12.3 Å². The van der Waals surface area contributed by atoms with E-state index >= 15 is 0 Å². The second kappa shape index (κ2) is 4.34. The van der Waals surface area contributed by atoms with E-state index in [2.05, 4.69) is 10.2 Å². The summed E-state index contributed by atoms with van der Waals surface area (Å²) < 4.78 is 30.4. The molecule has 0 atom stereocenters.